The Morgan fingerprint density at radius 2 is 1.89 bits per heavy atom. The molecule has 0 spiro atoms. The zero-order chi connectivity index (χ0) is 14.1. The summed E-state index contributed by atoms with van der Waals surface area (Å²) in [5.41, 5.74) is -1.25. The first-order valence-electron chi connectivity index (χ1n) is 7.80. The molecule has 0 aromatic rings. The SMILES string of the molecule is CC1CCCC(C#N)(C2(O)CCN(C(C)C)CC2)C1. The van der Waals surface area contributed by atoms with Crippen LogP contribution in [0.3, 0.4) is 0 Å². The molecule has 2 unspecified atom stereocenters. The van der Waals surface area contributed by atoms with E-state index in [1.54, 1.807) is 0 Å². The number of rotatable bonds is 2. The van der Waals surface area contributed by atoms with Crippen LogP contribution in [0.4, 0.5) is 0 Å². The molecule has 2 rings (SSSR count). The Bertz CT molecular complexity index is 352. The number of likely N-dealkylation sites (tertiary alicyclic amines) is 1. The highest BCUT2D eigenvalue weighted by Gasteiger charge is 2.53. The minimum Gasteiger partial charge on any atom is -0.388 e. The molecule has 0 radical (unpaired) electrons. The van der Waals surface area contributed by atoms with Gasteiger partial charge >= 0.3 is 0 Å². The standard InChI is InChI=1S/C16H28N2O/c1-13(2)18-9-7-16(19,8-10-18)15(12-17)6-4-5-14(3)11-15/h13-14,19H,4-11H2,1-3H3. The highest BCUT2D eigenvalue weighted by molar-refractivity contribution is 5.14. The second kappa shape index (κ2) is 5.42. The molecule has 19 heavy (non-hydrogen) atoms. The monoisotopic (exact) mass is 264 g/mol. The van der Waals surface area contributed by atoms with E-state index in [1.165, 1.54) is 6.42 Å². The maximum atomic E-state index is 11.1. The number of hydrogen-bond donors (Lipinski definition) is 1. The van der Waals surface area contributed by atoms with Crippen molar-refractivity contribution in [2.24, 2.45) is 11.3 Å². The maximum Gasteiger partial charge on any atom is 0.0863 e. The van der Waals surface area contributed by atoms with Crippen molar-refractivity contribution in [1.82, 2.24) is 4.90 Å². The van der Waals surface area contributed by atoms with Crippen molar-refractivity contribution in [3.63, 3.8) is 0 Å². The summed E-state index contributed by atoms with van der Waals surface area (Å²) >= 11 is 0. The average Bonchev–Trinajstić information content (AvgIpc) is 2.39. The Hall–Kier alpha value is -0.590. The fourth-order valence-corrected chi connectivity index (χ4v) is 4.07. The van der Waals surface area contributed by atoms with E-state index in [9.17, 15) is 10.4 Å². The summed E-state index contributed by atoms with van der Waals surface area (Å²) in [7, 11) is 0. The van der Waals surface area contributed by atoms with Gasteiger partial charge in [0.2, 0.25) is 0 Å². The molecule has 1 N–H and O–H groups in total. The zero-order valence-corrected chi connectivity index (χ0v) is 12.7. The van der Waals surface area contributed by atoms with Crippen LogP contribution >= 0.6 is 0 Å². The van der Waals surface area contributed by atoms with Crippen molar-refractivity contribution in [3.05, 3.63) is 0 Å². The van der Waals surface area contributed by atoms with E-state index in [2.05, 4.69) is 31.7 Å². The minimum absolute atomic E-state index is 0.492. The van der Waals surface area contributed by atoms with E-state index < -0.39 is 11.0 Å². The molecule has 1 aliphatic heterocycles. The van der Waals surface area contributed by atoms with Crippen LogP contribution in [-0.2, 0) is 0 Å². The second-order valence-corrected chi connectivity index (χ2v) is 7.06. The first-order chi connectivity index (χ1) is 8.92. The summed E-state index contributed by atoms with van der Waals surface area (Å²) in [6.45, 7) is 8.47. The third-order valence-electron chi connectivity index (χ3n) is 5.46. The fraction of sp³-hybridized carbons (Fsp3) is 0.938. The first kappa shape index (κ1) is 14.8. The van der Waals surface area contributed by atoms with Gasteiger partial charge in [-0.15, -0.1) is 0 Å². The lowest BCUT2D eigenvalue weighted by Crippen LogP contribution is -2.56. The van der Waals surface area contributed by atoms with Crippen molar-refractivity contribution in [2.45, 2.75) is 70.9 Å². The molecule has 0 amide bonds. The Balaban J connectivity index is 2.13. The molecule has 2 fully saturated rings. The predicted molar refractivity (Wildman–Crippen MR) is 76.6 cm³/mol. The van der Waals surface area contributed by atoms with E-state index >= 15 is 0 Å². The smallest absolute Gasteiger partial charge is 0.0863 e. The van der Waals surface area contributed by atoms with Crippen molar-refractivity contribution in [1.29, 1.82) is 5.26 Å². The van der Waals surface area contributed by atoms with E-state index in [1.807, 2.05) is 0 Å². The van der Waals surface area contributed by atoms with Crippen LogP contribution in [0.2, 0.25) is 0 Å². The molecule has 0 bridgehead atoms. The van der Waals surface area contributed by atoms with Crippen molar-refractivity contribution < 1.29 is 5.11 Å². The Labute approximate surface area is 117 Å². The lowest BCUT2D eigenvalue weighted by atomic mass is 9.59. The Morgan fingerprint density at radius 1 is 1.26 bits per heavy atom. The molecular weight excluding hydrogens is 236 g/mol. The van der Waals surface area contributed by atoms with Crippen LogP contribution in [0.5, 0.6) is 0 Å². The van der Waals surface area contributed by atoms with Gasteiger partial charge in [0.1, 0.15) is 0 Å². The van der Waals surface area contributed by atoms with E-state index in [0.717, 1.165) is 45.2 Å². The number of nitrogens with zero attached hydrogens (tertiary/aromatic N) is 2. The number of aliphatic hydroxyl groups is 1. The quantitative estimate of drug-likeness (QED) is 0.834. The van der Waals surface area contributed by atoms with Crippen molar-refractivity contribution in [3.8, 4) is 6.07 Å². The van der Waals surface area contributed by atoms with Gasteiger partial charge in [-0.05, 0) is 45.4 Å². The molecule has 3 nitrogen and oxygen atoms in total. The molecule has 2 atom stereocenters. The van der Waals surface area contributed by atoms with Crippen LogP contribution in [0.25, 0.3) is 0 Å². The molecule has 3 heteroatoms. The van der Waals surface area contributed by atoms with Crippen LogP contribution in [0.15, 0.2) is 0 Å². The largest absolute Gasteiger partial charge is 0.388 e. The van der Waals surface area contributed by atoms with E-state index in [-0.39, 0.29) is 0 Å². The van der Waals surface area contributed by atoms with Crippen LogP contribution < -0.4 is 0 Å². The van der Waals surface area contributed by atoms with Gasteiger partial charge in [0.05, 0.1) is 17.1 Å². The van der Waals surface area contributed by atoms with Gasteiger partial charge in [0.25, 0.3) is 0 Å². The van der Waals surface area contributed by atoms with Gasteiger partial charge in [-0.2, -0.15) is 5.26 Å². The van der Waals surface area contributed by atoms with Gasteiger partial charge in [0.15, 0.2) is 0 Å². The van der Waals surface area contributed by atoms with Gasteiger partial charge in [0, 0.05) is 19.1 Å². The van der Waals surface area contributed by atoms with Gasteiger partial charge in [-0.1, -0.05) is 19.8 Å². The van der Waals surface area contributed by atoms with Gasteiger partial charge in [-0.25, -0.2) is 0 Å². The highest BCUT2D eigenvalue weighted by atomic mass is 16.3. The third kappa shape index (κ3) is 2.66. The van der Waals surface area contributed by atoms with E-state index in [0.29, 0.717) is 12.0 Å². The molecule has 2 aliphatic rings. The summed E-state index contributed by atoms with van der Waals surface area (Å²) in [5.74, 6) is 0.570. The molecule has 1 aliphatic carbocycles. The molecule has 1 heterocycles. The Kier molecular flexibility index (Phi) is 4.23. The second-order valence-electron chi connectivity index (χ2n) is 7.06. The average molecular weight is 264 g/mol. The molecule has 0 aromatic carbocycles. The van der Waals surface area contributed by atoms with E-state index in [4.69, 9.17) is 0 Å². The summed E-state index contributed by atoms with van der Waals surface area (Å²) in [4.78, 5) is 2.41. The van der Waals surface area contributed by atoms with Gasteiger partial charge < -0.3 is 10.0 Å². The highest BCUT2D eigenvalue weighted by Crippen LogP contribution is 2.50. The number of nitriles is 1. The lowest BCUT2D eigenvalue weighted by molar-refractivity contribution is -0.118. The molecule has 108 valence electrons. The number of hydrogen-bond acceptors (Lipinski definition) is 3. The summed E-state index contributed by atoms with van der Waals surface area (Å²) in [6, 6.07) is 3.07. The third-order valence-corrected chi connectivity index (χ3v) is 5.46. The molecular formula is C16H28N2O. The Morgan fingerprint density at radius 3 is 2.37 bits per heavy atom. The fourth-order valence-electron chi connectivity index (χ4n) is 4.07. The molecule has 0 aromatic heterocycles. The summed E-state index contributed by atoms with van der Waals surface area (Å²) < 4.78 is 0. The lowest BCUT2D eigenvalue weighted by Gasteiger charge is -2.50. The minimum atomic E-state index is -0.762. The first-order valence-corrected chi connectivity index (χ1v) is 7.80. The van der Waals surface area contributed by atoms with Crippen LogP contribution in [0.1, 0.15) is 59.3 Å². The summed E-state index contributed by atoms with van der Waals surface area (Å²) in [6.07, 6.45) is 5.56. The predicted octanol–water partition coefficient (Wildman–Crippen LogP) is 2.94. The maximum absolute atomic E-state index is 11.1. The number of piperidine rings is 1. The van der Waals surface area contributed by atoms with Gasteiger partial charge in [-0.3, -0.25) is 0 Å². The van der Waals surface area contributed by atoms with Crippen molar-refractivity contribution in [2.75, 3.05) is 13.1 Å². The normalized spacial score (nSPS) is 36.1. The molecule has 1 saturated heterocycles. The topological polar surface area (TPSA) is 47.3 Å². The van der Waals surface area contributed by atoms with Crippen molar-refractivity contribution >= 4 is 0 Å². The zero-order valence-electron chi connectivity index (χ0n) is 12.7. The van der Waals surface area contributed by atoms with Crippen LogP contribution in [-0.4, -0.2) is 34.7 Å². The van der Waals surface area contributed by atoms with Crippen LogP contribution in [0, 0.1) is 22.7 Å². The molecule has 1 saturated carbocycles. The summed E-state index contributed by atoms with van der Waals surface area (Å²) in [5, 5.41) is 20.8.